The molecule has 1 aliphatic heterocycles. The molecule has 1 unspecified atom stereocenters. The molecule has 2 rings (SSSR count). The zero-order chi connectivity index (χ0) is 9.47. The average Bonchev–Trinajstić information content (AvgIpc) is 2.75. The third kappa shape index (κ3) is 1.69. The molecule has 1 saturated heterocycles. The van der Waals surface area contributed by atoms with E-state index in [1.807, 2.05) is 6.92 Å². The maximum atomic E-state index is 11.4. The van der Waals surface area contributed by atoms with E-state index >= 15 is 0 Å². The van der Waals surface area contributed by atoms with Crippen molar-refractivity contribution in [1.29, 1.82) is 0 Å². The van der Waals surface area contributed by atoms with Gasteiger partial charge in [-0.1, -0.05) is 6.92 Å². The van der Waals surface area contributed by atoms with Crippen molar-refractivity contribution in [3.63, 3.8) is 0 Å². The van der Waals surface area contributed by atoms with Crippen LogP contribution in [0.1, 0.15) is 26.2 Å². The lowest BCUT2D eigenvalue weighted by Gasteiger charge is -2.19. The van der Waals surface area contributed by atoms with Gasteiger partial charge in [0.2, 0.25) is 5.91 Å². The Hall–Kier alpha value is -0.610. The molecule has 1 amide bonds. The molecule has 1 atom stereocenters. The summed E-state index contributed by atoms with van der Waals surface area (Å²) in [6, 6.07) is 0. The molecule has 0 aromatic carbocycles. The lowest BCUT2D eigenvalue weighted by Crippen LogP contribution is -2.32. The van der Waals surface area contributed by atoms with Gasteiger partial charge in [0.1, 0.15) is 5.60 Å². The van der Waals surface area contributed by atoms with Crippen LogP contribution in [-0.2, 0) is 9.63 Å². The number of nitrogens with two attached hydrogens (primary N) is 1. The van der Waals surface area contributed by atoms with E-state index in [-0.39, 0.29) is 11.5 Å². The molecule has 0 bridgehead atoms. The third-order valence-electron chi connectivity index (χ3n) is 2.74. The molecule has 1 heterocycles. The van der Waals surface area contributed by atoms with Crippen LogP contribution in [0.15, 0.2) is 0 Å². The summed E-state index contributed by atoms with van der Waals surface area (Å²) in [4.78, 5) is 17.0. The fraction of sp³-hybridized carbons (Fsp3) is 0.889. The van der Waals surface area contributed by atoms with Crippen molar-refractivity contribution >= 4 is 5.91 Å². The summed E-state index contributed by atoms with van der Waals surface area (Å²) in [6.45, 7) is 3.26. The van der Waals surface area contributed by atoms with E-state index in [1.54, 1.807) is 0 Å². The van der Waals surface area contributed by atoms with E-state index in [0.717, 1.165) is 12.8 Å². The quantitative estimate of drug-likeness (QED) is 0.685. The first kappa shape index (κ1) is 8.97. The van der Waals surface area contributed by atoms with Crippen molar-refractivity contribution in [3.05, 3.63) is 0 Å². The number of carbonyl (C=O) groups excluding carboxylic acids is 1. The Morgan fingerprint density at radius 2 is 2.38 bits per heavy atom. The predicted molar refractivity (Wildman–Crippen MR) is 47.6 cm³/mol. The monoisotopic (exact) mass is 184 g/mol. The largest absolute Gasteiger partial charge is 0.330 e. The highest BCUT2D eigenvalue weighted by atomic mass is 16.7. The van der Waals surface area contributed by atoms with Gasteiger partial charge in [0.15, 0.2) is 0 Å². The van der Waals surface area contributed by atoms with Gasteiger partial charge in [-0.3, -0.25) is 9.63 Å². The van der Waals surface area contributed by atoms with E-state index in [1.165, 1.54) is 5.06 Å². The molecule has 0 aromatic rings. The summed E-state index contributed by atoms with van der Waals surface area (Å²) < 4.78 is 0. The van der Waals surface area contributed by atoms with Crippen LogP contribution in [0.5, 0.6) is 0 Å². The fourth-order valence-electron chi connectivity index (χ4n) is 1.58. The minimum atomic E-state index is -0.0919. The van der Waals surface area contributed by atoms with Crippen LogP contribution in [0.4, 0.5) is 0 Å². The van der Waals surface area contributed by atoms with Gasteiger partial charge in [0.25, 0.3) is 0 Å². The summed E-state index contributed by atoms with van der Waals surface area (Å²) in [5, 5.41) is 1.50. The van der Waals surface area contributed by atoms with Gasteiger partial charge in [-0.2, -0.15) is 0 Å². The molecule has 1 aliphatic carbocycles. The SMILES string of the molecule is CC(CN)CN1OC2(CC2)CC1=O. The number of rotatable bonds is 3. The van der Waals surface area contributed by atoms with Crippen molar-refractivity contribution in [2.45, 2.75) is 31.8 Å². The fourth-order valence-corrected chi connectivity index (χ4v) is 1.58. The Kier molecular flexibility index (Phi) is 2.04. The Labute approximate surface area is 78.0 Å². The molecule has 2 N–H and O–H groups in total. The summed E-state index contributed by atoms with van der Waals surface area (Å²) in [6.07, 6.45) is 2.64. The van der Waals surface area contributed by atoms with Gasteiger partial charge in [-0.25, -0.2) is 5.06 Å². The second-order valence-electron chi connectivity index (χ2n) is 4.25. The number of carbonyl (C=O) groups is 1. The van der Waals surface area contributed by atoms with Crippen LogP contribution >= 0.6 is 0 Å². The molecule has 74 valence electrons. The highest BCUT2D eigenvalue weighted by molar-refractivity contribution is 5.78. The van der Waals surface area contributed by atoms with Crippen LogP contribution in [0.2, 0.25) is 0 Å². The van der Waals surface area contributed by atoms with Crippen LogP contribution in [0, 0.1) is 5.92 Å². The summed E-state index contributed by atoms with van der Waals surface area (Å²) >= 11 is 0. The Morgan fingerprint density at radius 1 is 1.69 bits per heavy atom. The van der Waals surface area contributed by atoms with Crippen LogP contribution in [0.3, 0.4) is 0 Å². The van der Waals surface area contributed by atoms with Crippen LogP contribution in [0.25, 0.3) is 0 Å². The second kappa shape index (κ2) is 2.96. The normalized spacial score (nSPS) is 26.9. The standard InChI is InChI=1S/C9H16N2O2/c1-7(5-10)6-11-8(12)4-9(13-11)2-3-9/h7H,2-6,10H2,1H3. The van der Waals surface area contributed by atoms with Gasteiger partial charge >= 0.3 is 0 Å². The summed E-state index contributed by atoms with van der Waals surface area (Å²) in [5.41, 5.74) is 5.39. The smallest absolute Gasteiger partial charge is 0.249 e. The molecular formula is C9H16N2O2. The zero-order valence-electron chi connectivity index (χ0n) is 7.95. The molecule has 13 heavy (non-hydrogen) atoms. The van der Waals surface area contributed by atoms with Crippen molar-refractivity contribution in [2.75, 3.05) is 13.1 Å². The molecule has 1 saturated carbocycles. The van der Waals surface area contributed by atoms with E-state index in [4.69, 9.17) is 10.6 Å². The first-order valence-electron chi connectivity index (χ1n) is 4.85. The van der Waals surface area contributed by atoms with Crippen molar-refractivity contribution in [3.8, 4) is 0 Å². The molecule has 0 radical (unpaired) electrons. The number of hydroxylamine groups is 2. The molecule has 2 fully saturated rings. The van der Waals surface area contributed by atoms with Gasteiger partial charge < -0.3 is 5.73 Å². The number of hydrogen-bond donors (Lipinski definition) is 1. The topological polar surface area (TPSA) is 55.6 Å². The second-order valence-corrected chi connectivity index (χ2v) is 4.25. The van der Waals surface area contributed by atoms with Gasteiger partial charge in [0.05, 0.1) is 13.0 Å². The highest BCUT2D eigenvalue weighted by Crippen LogP contribution is 2.47. The van der Waals surface area contributed by atoms with Gasteiger partial charge in [0, 0.05) is 0 Å². The predicted octanol–water partition coefficient (Wildman–Crippen LogP) is 0.278. The summed E-state index contributed by atoms with van der Waals surface area (Å²) in [7, 11) is 0. The maximum absolute atomic E-state index is 11.4. The zero-order valence-corrected chi connectivity index (χ0v) is 7.95. The molecule has 1 spiro atoms. The number of hydrogen-bond acceptors (Lipinski definition) is 3. The summed E-state index contributed by atoms with van der Waals surface area (Å²) in [5.74, 6) is 0.440. The lowest BCUT2D eigenvalue weighted by molar-refractivity contribution is -0.181. The maximum Gasteiger partial charge on any atom is 0.249 e. The van der Waals surface area contributed by atoms with Gasteiger partial charge in [-0.05, 0) is 25.3 Å². The first-order chi connectivity index (χ1) is 6.15. The van der Waals surface area contributed by atoms with E-state index < -0.39 is 0 Å². The Balaban J connectivity index is 1.90. The van der Waals surface area contributed by atoms with Crippen LogP contribution in [-0.4, -0.2) is 29.7 Å². The van der Waals surface area contributed by atoms with E-state index in [0.29, 0.717) is 25.4 Å². The molecule has 0 aromatic heterocycles. The minimum Gasteiger partial charge on any atom is -0.330 e. The third-order valence-corrected chi connectivity index (χ3v) is 2.74. The van der Waals surface area contributed by atoms with Crippen molar-refractivity contribution < 1.29 is 9.63 Å². The molecule has 2 aliphatic rings. The van der Waals surface area contributed by atoms with Crippen molar-refractivity contribution in [2.24, 2.45) is 11.7 Å². The molecular weight excluding hydrogens is 168 g/mol. The van der Waals surface area contributed by atoms with Crippen molar-refractivity contribution in [1.82, 2.24) is 5.06 Å². The molecule has 4 nitrogen and oxygen atoms in total. The van der Waals surface area contributed by atoms with E-state index in [9.17, 15) is 4.79 Å². The Bertz CT molecular complexity index is 226. The Morgan fingerprint density at radius 3 is 2.85 bits per heavy atom. The first-order valence-corrected chi connectivity index (χ1v) is 4.85. The van der Waals surface area contributed by atoms with E-state index in [2.05, 4.69) is 0 Å². The lowest BCUT2D eigenvalue weighted by atomic mass is 10.2. The molecule has 4 heteroatoms. The average molecular weight is 184 g/mol. The highest BCUT2D eigenvalue weighted by Gasteiger charge is 2.54. The minimum absolute atomic E-state index is 0.0919. The van der Waals surface area contributed by atoms with Crippen LogP contribution < -0.4 is 5.73 Å². The van der Waals surface area contributed by atoms with Gasteiger partial charge in [-0.15, -0.1) is 0 Å². The number of nitrogens with zero attached hydrogens (tertiary/aromatic N) is 1. The number of amides is 1.